The number of nitrogen functional groups attached to an aromatic ring is 1. The van der Waals surface area contributed by atoms with E-state index in [9.17, 15) is 4.79 Å². The summed E-state index contributed by atoms with van der Waals surface area (Å²) in [5.74, 6) is 5.15. The molecule has 0 saturated heterocycles. The second kappa shape index (κ2) is 6.13. The van der Waals surface area contributed by atoms with E-state index < -0.39 is 0 Å². The Hall–Kier alpha value is -1.45. The molecule has 8 heteroatoms. The molecule has 98 valence electrons. The molecule has 0 bridgehead atoms. The van der Waals surface area contributed by atoms with E-state index in [0.717, 1.165) is 3.57 Å². The van der Waals surface area contributed by atoms with Crippen molar-refractivity contribution in [2.45, 2.75) is 0 Å². The quantitative estimate of drug-likeness (QED) is 0.425. The Kier molecular flexibility index (Phi) is 4.51. The number of amides is 1. The maximum atomic E-state index is 12.0. The highest BCUT2D eigenvalue weighted by atomic mass is 127. The van der Waals surface area contributed by atoms with Gasteiger partial charge in [0.2, 0.25) is 0 Å². The first-order valence-electron chi connectivity index (χ1n) is 5.17. The van der Waals surface area contributed by atoms with Crippen molar-refractivity contribution in [1.82, 2.24) is 10.2 Å². The molecule has 0 aliphatic rings. The number of halogens is 2. The average Bonchev–Trinajstić information content (AvgIpc) is 2.43. The van der Waals surface area contributed by atoms with Crippen molar-refractivity contribution in [3.05, 3.63) is 44.6 Å². The van der Waals surface area contributed by atoms with Gasteiger partial charge in [0.1, 0.15) is 0 Å². The first kappa shape index (κ1) is 14.0. The first-order valence-corrected chi connectivity index (χ1v) is 6.62. The smallest absolute Gasteiger partial charge is 0.276 e. The maximum absolute atomic E-state index is 12.0. The highest BCUT2D eigenvalue weighted by Crippen LogP contribution is 2.24. The van der Waals surface area contributed by atoms with E-state index in [4.69, 9.17) is 17.4 Å². The Morgan fingerprint density at radius 3 is 2.68 bits per heavy atom. The SMILES string of the molecule is NNc1ccc(C(=O)Nc2cc(I)ccc2Cl)nn1. The summed E-state index contributed by atoms with van der Waals surface area (Å²) in [4.78, 5) is 12.0. The van der Waals surface area contributed by atoms with Crippen LogP contribution in [-0.2, 0) is 0 Å². The van der Waals surface area contributed by atoms with Gasteiger partial charge in [0.25, 0.3) is 5.91 Å². The second-order valence-electron chi connectivity index (χ2n) is 3.53. The van der Waals surface area contributed by atoms with Crippen LogP contribution in [0.4, 0.5) is 11.5 Å². The Labute approximate surface area is 127 Å². The van der Waals surface area contributed by atoms with Crippen molar-refractivity contribution in [3.63, 3.8) is 0 Å². The van der Waals surface area contributed by atoms with Crippen LogP contribution in [-0.4, -0.2) is 16.1 Å². The highest BCUT2D eigenvalue weighted by Gasteiger charge is 2.10. The Balaban J connectivity index is 2.18. The standard InChI is InChI=1S/C11H9ClIN5O/c12-7-2-1-6(13)5-9(7)15-11(19)8-3-4-10(16-14)18-17-8/h1-5H,14H2,(H,15,19)(H,16,18). The predicted molar refractivity (Wildman–Crippen MR) is 82.0 cm³/mol. The molecule has 0 aliphatic heterocycles. The zero-order valence-electron chi connectivity index (χ0n) is 9.52. The van der Waals surface area contributed by atoms with Gasteiger partial charge in [-0.15, -0.1) is 10.2 Å². The minimum Gasteiger partial charge on any atom is -0.319 e. The van der Waals surface area contributed by atoms with Crippen LogP contribution in [0.3, 0.4) is 0 Å². The molecular weight excluding hydrogens is 381 g/mol. The summed E-state index contributed by atoms with van der Waals surface area (Å²) in [6, 6.07) is 8.40. The van der Waals surface area contributed by atoms with Crippen molar-refractivity contribution in [2.75, 3.05) is 10.7 Å². The Morgan fingerprint density at radius 1 is 1.26 bits per heavy atom. The van der Waals surface area contributed by atoms with E-state index in [-0.39, 0.29) is 11.6 Å². The fourth-order valence-corrected chi connectivity index (χ4v) is 1.97. The molecule has 0 atom stereocenters. The van der Waals surface area contributed by atoms with Gasteiger partial charge in [-0.1, -0.05) is 11.6 Å². The summed E-state index contributed by atoms with van der Waals surface area (Å²) in [5, 5.41) is 10.6. The molecule has 0 fully saturated rings. The number of hydrazine groups is 1. The van der Waals surface area contributed by atoms with Crippen LogP contribution >= 0.6 is 34.2 Å². The van der Waals surface area contributed by atoms with Crippen LogP contribution < -0.4 is 16.6 Å². The third-order valence-electron chi connectivity index (χ3n) is 2.22. The largest absolute Gasteiger partial charge is 0.319 e. The lowest BCUT2D eigenvalue weighted by molar-refractivity contribution is 0.102. The number of hydrogen-bond donors (Lipinski definition) is 3. The summed E-state index contributed by atoms with van der Waals surface area (Å²) in [5.41, 5.74) is 3.04. The van der Waals surface area contributed by atoms with Gasteiger partial charge in [-0.25, -0.2) is 5.84 Å². The molecule has 6 nitrogen and oxygen atoms in total. The van der Waals surface area contributed by atoms with Crippen LogP contribution in [0.15, 0.2) is 30.3 Å². The van der Waals surface area contributed by atoms with Crippen LogP contribution in [0.5, 0.6) is 0 Å². The molecule has 1 aromatic heterocycles. The van der Waals surface area contributed by atoms with Gasteiger partial charge in [-0.05, 0) is 52.9 Å². The minimum absolute atomic E-state index is 0.175. The number of hydrogen-bond acceptors (Lipinski definition) is 5. The van der Waals surface area contributed by atoms with Crippen molar-refractivity contribution in [1.29, 1.82) is 0 Å². The summed E-state index contributed by atoms with van der Waals surface area (Å²) >= 11 is 8.13. The van der Waals surface area contributed by atoms with E-state index in [1.807, 2.05) is 6.07 Å². The normalized spacial score (nSPS) is 10.1. The van der Waals surface area contributed by atoms with E-state index >= 15 is 0 Å². The second-order valence-corrected chi connectivity index (χ2v) is 5.18. The molecule has 1 aromatic carbocycles. The number of carbonyl (C=O) groups excluding carboxylic acids is 1. The van der Waals surface area contributed by atoms with Gasteiger partial charge >= 0.3 is 0 Å². The fourth-order valence-electron chi connectivity index (χ4n) is 1.31. The number of anilines is 2. The van der Waals surface area contributed by atoms with Gasteiger partial charge in [0.05, 0.1) is 10.7 Å². The van der Waals surface area contributed by atoms with Gasteiger partial charge in [0, 0.05) is 3.57 Å². The van der Waals surface area contributed by atoms with E-state index in [1.54, 1.807) is 18.2 Å². The zero-order valence-corrected chi connectivity index (χ0v) is 12.4. The number of nitrogens with two attached hydrogens (primary N) is 1. The van der Waals surface area contributed by atoms with Crippen molar-refractivity contribution < 1.29 is 4.79 Å². The number of rotatable bonds is 3. The van der Waals surface area contributed by atoms with Crippen LogP contribution in [0.2, 0.25) is 5.02 Å². The number of nitrogens with zero attached hydrogens (tertiary/aromatic N) is 2. The molecular formula is C11H9ClIN5O. The molecule has 0 spiro atoms. The molecule has 2 rings (SSSR count). The summed E-state index contributed by atoms with van der Waals surface area (Å²) in [6.07, 6.45) is 0. The van der Waals surface area contributed by atoms with E-state index in [1.165, 1.54) is 6.07 Å². The third kappa shape index (κ3) is 3.52. The molecule has 2 aromatic rings. The van der Waals surface area contributed by atoms with Crippen LogP contribution in [0, 0.1) is 3.57 Å². The Bertz CT molecular complexity index is 605. The van der Waals surface area contributed by atoms with E-state index in [2.05, 4.69) is 43.5 Å². The topological polar surface area (TPSA) is 92.9 Å². The fraction of sp³-hybridized carbons (Fsp3) is 0. The zero-order chi connectivity index (χ0) is 13.8. The molecule has 0 saturated carbocycles. The van der Waals surface area contributed by atoms with Gasteiger partial charge in [-0.2, -0.15) is 0 Å². The maximum Gasteiger partial charge on any atom is 0.276 e. The monoisotopic (exact) mass is 389 g/mol. The molecule has 4 N–H and O–H groups in total. The lowest BCUT2D eigenvalue weighted by Crippen LogP contribution is -2.16. The molecule has 0 aliphatic carbocycles. The predicted octanol–water partition coefficient (Wildman–Crippen LogP) is 2.27. The first-order chi connectivity index (χ1) is 9.10. The lowest BCUT2D eigenvalue weighted by Gasteiger charge is -2.07. The number of aromatic nitrogens is 2. The summed E-state index contributed by atoms with van der Waals surface area (Å²) < 4.78 is 0.964. The molecule has 0 unspecified atom stereocenters. The highest BCUT2D eigenvalue weighted by molar-refractivity contribution is 14.1. The van der Waals surface area contributed by atoms with Gasteiger partial charge in [0.15, 0.2) is 11.5 Å². The summed E-state index contributed by atoms with van der Waals surface area (Å²) in [6.45, 7) is 0. The molecule has 0 radical (unpaired) electrons. The third-order valence-corrected chi connectivity index (χ3v) is 3.22. The number of benzene rings is 1. The van der Waals surface area contributed by atoms with Gasteiger partial charge in [-0.3, -0.25) is 4.79 Å². The summed E-state index contributed by atoms with van der Waals surface area (Å²) in [7, 11) is 0. The molecule has 1 heterocycles. The lowest BCUT2D eigenvalue weighted by atomic mass is 10.3. The van der Waals surface area contributed by atoms with Crippen molar-refractivity contribution in [3.8, 4) is 0 Å². The number of carbonyl (C=O) groups is 1. The molecule has 19 heavy (non-hydrogen) atoms. The van der Waals surface area contributed by atoms with Crippen molar-refractivity contribution in [2.24, 2.45) is 5.84 Å². The Morgan fingerprint density at radius 2 is 2.05 bits per heavy atom. The van der Waals surface area contributed by atoms with Crippen LogP contribution in [0.1, 0.15) is 10.5 Å². The number of nitrogens with one attached hydrogen (secondary N) is 2. The molecule has 1 amide bonds. The van der Waals surface area contributed by atoms with Crippen LogP contribution in [0.25, 0.3) is 0 Å². The van der Waals surface area contributed by atoms with Crippen molar-refractivity contribution >= 4 is 51.6 Å². The average molecular weight is 390 g/mol. The minimum atomic E-state index is -0.389. The van der Waals surface area contributed by atoms with E-state index in [0.29, 0.717) is 16.5 Å². The van der Waals surface area contributed by atoms with Gasteiger partial charge < -0.3 is 10.7 Å².